The lowest BCUT2D eigenvalue weighted by Gasteiger charge is -2.06. The molecule has 0 aliphatic rings. The fourth-order valence-electron chi connectivity index (χ4n) is 2.04. The normalized spacial score (nSPS) is 10.7. The summed E-state index contributed by atoms with van der Waals surface area (Å²) in [6, 6.07) is 0. The van der Waals surface area contributed by atoms with Gasteiger partial charge in [-0.2, -0.15) is 5.10 Å². The number of carbonyl (C=O) groups excluding carboxylic acids is 2. The SMILES string of the molecule is CCOC(=O)c1c(NC(=O)c2nn(CC)cc2Cl)sc(C)c1C. The highest BCUT2D eigenvalue weighted by molar-refractivity contribution is 7.16. The Balaban J connectivity index is 2.32. The molecule has 124 valence electrons. The van der Waals surface area contributed by atoms with Gasteiger partial charge in [-0.25, -0.2) is 4.79 Å². The summed E-state index contributed by atoms with van der Waals surface area (Å²) >= 11 is 7.37. The maximum absolute atomic E-state index is 12.4. The number of thiophene rings is 1. The van der Waals surface area contributed by atoms with E-state index in [9.17, 15) is 9.59 Å². The summed E-state index contributed by atoms with van der Waals surface area (Å²) in [7, 11) is 0. The van der Waals surface area contributed by atoms with Crippen molar-refractivity contribution in [3.8, 4) is 0 Å². The van der Waals surface area contributed by atoms with Crippen LogP contribution in [0.15, 0.2) is 6.20 Å². The van der Waals surface area contributed by atoms with Crippen molar-refractivity contribution in [1.82, 2.24) is 9.78 Å². The Morgan fingerprint density at radius 3 is 2.65 bits per heavy atom. The summed E-state index contributed by atoms with van der Waals surface area (Å²) in [6.45, 7) is 8.23. The Hall–Kier alpha value is -1.86. The first-order valence-corrected chi connectivity index (χ1v) is 8.39. The van der Waals surface area contributed by atoms with Crippen molar-refractivity contribution in [3.05, 3.63) is 32.9 Å². The number of amides is 1. The summed E-state index contributed by atoms with van der Waals surface area (Å²) < 4.78 is 6.64. The van der Waals surface area contributed by atoms with Crippen molar-refractivity contribution in [2.75, 3.05) is 11.9 Å². The molecule has 6 nitrogen and oxygen atoms in total. The van der Waals surface area contributed by atoms with Gasteiger partial charge in [0, 0.05) is 17.6 Å². The van der Waals surface area contributed by atoms with Crippen LogP contribution in [0.4, 0.5) is 5.00 Å². The molecule has 2 rings (SSSR count). The molecule has 23 heavy (non-hydrogen) atoms. The Kier molecular flexibility index (Phi) is 5.43. The van der Waals surface area contributed by atoms with Gasteiger partial charge in [-0.3, -0.25) is 9.48 Å². The molecule has 0 saturated carbocycles. The number of anilines is 1. The second-order valence-electron chi connectivity index (χ2n) is 4.84. The van der Waals surface area contributed by atoms with E-state index in [-0.39, 0.29) is 17.3 Å². The number of hydrogen-bond donors (Lipinski definition) is 1. The molecule has 1 N–H and O–H groups in total. The van der Waals surface area contributed by atoms with Gasteiger partial charge in [-0.1, -0.05) is 11.6 Å². The standard InChI is InChI=1S/C15H18ClN3O3S/c1-5-19-7-10(16)12(18-19)13(20)17-14-11(15(21)22-6-2)8(3)9(4)23-14/h7H,5-6H2,1-4H3,(H,17,20). The lowest BCUT2D eigenvalue weighted by atomic mass is 10.1. The van der Waals surface area contributed by atoms with E-state index >= 15 is 0 Å². The van der Waals surface area contributed by atoms with Crippen molar-refractivity contribution in [1.29, 1.82) is 0 Å². The summed E-state index contributed by atoms with van der Waals surface area (Å²) in [5, 5.41) is 7.57. The average molecular weight is 356 g/mol. The second kappa shape index (κ2) is 7.14. The topological polar surface area (TPSA) is 73.2 Å². The fraction of sp³-hybridized carbons (Fsp3) is 0.400. The van der Waals surface area contributed by atoms with E-state index in [2.05, 4.69) is 10.4 Å². The van der Waals surface area contributed by atoms with E-state index in [0.717, 1.165) is 10.4 Å². The van der Waals surface area contributed by atoms with Crippen LogP contribution in [-0.4, -0.2) is 28.3 Å². The van der Waals surface area contributed by atoms with E-state index < -0.39 is 11.9 Å². The molecule has 0 aromatic carbocycles. The van der Waals surface area contributed by atoms with Gasteiger partial charge in [0.1, 0.15) is 5.00 Å². The third-order valence-corrected chi connectivity index (χ3v) is 4.75. The van der Waals surface area contributed by atoms with Gasteiger partial charge in [-0.05, 0) is 33.3 Å². The molecule has 0 radical (unpaired) electrons. The van der Waals surface area contributed by atoms with E-state index in [1.54, 1.807) is 17.8 Å². The molecule has 0 unspecified atom stereocenters. The van der Waals surface area contributed by atoms with Crippen LogP contribution in [0, 0.1) is 13.8 Å². The number of aryl methyl sites for hydroxylation is 2. The number of halogens is 1. The molecule has 1 amide bonds. The second-order valence-corrected chi connectivity index (χ2v) is 6.48. The third kappa shape index (κ3) is 3.56. The van der Waals surface area contributed by atoms with Gasteiger partial charge in [-0.15, -0.1) is 11.3 Å². The van der Waals surface area contributed by atoms with Crippen LogP contribution >= 0.6 is 22.9 Å². The molecule has 0 bridgehead atoms. The van der Waals surface area contributed by atoms with Crippen molar-refractivity contribution in [2.24, 2.45) is 0 Å². The molecule has 0 aliphatic carbocycles. The quantitative estimate of drug-likeness (QED) is 0.830. The van der Waals surface area contributed by atoms with Crippen molar-refractivity contribution in [3.63, 3.8) is 0 Å². The Morgan fingerprint density at radius 2 is 2.09 bits per heavy atom. The van der Waals surface area contributed by atoms with Gasteiger partial charge in [0.25, 0.3) is 5.91 Å². The molecule has 2 heterocycles. The summed E-state index contributed by atoms with van der Waals surface area (Å²) in [5.41, 5.74) is 1.31. The Labute approximate surface area is 143 Å². The van der Waals surface area contributed by atoms with Crippen LogP contribution < -0.4 is 5.32 Å². The number of hydrogen-bond acceptors (Lipinski definition) is 5. The smallest absolute Gasteiger partial charge is 0.341 e. The van der Waals surface area contributed by atoms with Gasteiger partial charge < -0.3 is 10.1 Å². The highest BCUT2D eigenvalue weighted by Gasteiger charge is 2.24. The monoisotopic (exact) mass is 355 g/mol. The molecule has 0 aliphatic heterocycles. The van der Waals surface area contributed by atoms with Crippen molar-refractivity contribution in [2.45, 2.75) is 34.2 Å². The molecular formula is C15H18ClN3O3S. The van der Waals surface area contributed by atoms with Gasteiger partial charge in [0.15, 0.2) is 5.69 Å². The lowest BCUT2D eigenvalue weighted by Crippen LogP contribution is -2.16. The summed E-state index contributed by atoms with van der Waals surface area (Å²) in [4.78, 5) is 25.5. The first kappa shape index (κ1) is 17.5. The first-order chi connectivity index (χ1) is 10.9. The third-order valence-electron chi connectivity index (χ3n) is 3.35. The highest BCUT2D eigenvalue weighted by Crippen LogP contribution is 2.33. The number of esters is 1. The van der Waals surface area contributed by atoms with Gasteiger partial charge in [0.05, 0.1) is 17.2 Å². The molecule has 0 fully saturated rings. The number of nitrogens with zero attached hydrogens (tertiary/aromatic N) is 2. The van der Waals surface area contributed by atoms with Gasteiger partial charge >= 0.3 is 5.97 Å². The van der Waals surface area contributed by atoms with Crippen LogP contribution in [0.3, 0.4) is 0 Å². The molecule has 8 heteroatoms. The summed E-state index contributed by atoms with van der Waals surface area (Å²) in [5.74, 6) is -0.899. The molecule has 2 aromatic heterocycles. The van der Waals surface area contributed by atoms with E-state index in [1.165, 1.54) is 11.3 Å². The lowest BCUT2D eigenvalue weighted by molar-refractivity contribution is 0.0527. The van der Waals surface area contributed by atoms with Crippen LogP contribution in [-0.2, 0) is 11.3 Å². The average Bonchev–Trinajstić information content (AvgIpc) is 3.00. The summed E-state index contributed by atoms with van der Waals surface area (Å²) in [6.07, 6.45) is 1.59. The van der Waals surface area contributed by atoms with E-state index in [0.29, 0.717) is 17.1 Å². The number of ether oxygens (including phenoxy) is 1. The van der Waals surface area contributed by atoms with E-state index in [4.69, 9.17) is 16.3 Å². The molecule has 0 atom stereocenters. The number of carbonyl (C=O) groups is 2. The zero-order valence-electron chi connectivity index (χ0n) is 13.4. The highest BCUT2D eigenvalue weighted by atomic mass is 35.5. The maximum atomic E-state index is 12.4. The van der Waals surface area contributed by atoms with Crippen LogP contribution in [0.5, 0.6) is 0 Å². The van der Waals surface area contributed by atoms with Crippen molar-refractivity contribution >= 4 is 39.8 Å². The first-order valence-electron chi connectivity index (χ1n) is 7.20. The Morgan fingerprint density at radius 1 is 1.39 bits per heavy atom. The van der Waals surface area contributed by atoms with E-state index in [1.807, 2.05) is 20.8 Å². The van der Waals surface area contributed by atoms with Crippen LogP contribution in [0.25, 0.3) is 0 Å². The molecule has 2 aromatic rings. The number of rotatable bonds is 5. The van der Waals surface area contributed by atoms with Crippen molar-refractivity contribution < 1.29 is 14.3 Å². The maximum Gasteiger partial charge on any atom is 0.341 e. The number of nitrogens with one attached hydrogen (secondary N) is 1. The van der Waals surface area contributed by atoms with Crippen LogP contribution in [0.1, 0.15) is 45.1 Å². The largest absolute Gasteiger partial charge is 0.462 e. The predicted octanol–water partition coefficient (Wildman–Crippen LogP) is 3.66. The minimum absolute atomic E-state index is 0.132. The fourth-order valence-corrected chi connectivity index (χ4v) is 3.32. The molecular weight excluding hydrogens is 338 g/mol. The Bertz CT molecular complexity index is 751. The number of aromatic nitrogens is 2. The van der Waals surface area contributed by atoms with Gasteiger partial charge in [0.2, 0.25) is 0 Å². The minimum atomic E-state index is -0.450. The zero-order chi connectivity index (χ0) is 17.1. The molecule has 0 saturated heterocycles. The predicted molar refractivity (Wildman–Crippen MR) is 90.6 cm³/mol. The van der Waals surface area contributed by atoms with Crippen LogP contribution in [0.2, 0.25) is 5.02 Å². The minimum Gasteiger partial charge on any atom is -0.462 e. The molecule has 0 spiro atoms. The zero-order valence-corrected chi connectivity index (χ0v) is 15.0.